The molecule has 0 radical (unpaired) electrons. The van der Waals surface area contributed by atoms with E-state index in [1.54, 1.807) is 41.5 Å². The van der Waals surface area contributed by atoms with E-state index in [1.165, 1.54) is 6.07 Å². The minimum Gasteiger partial charge on any atom is -0.371 e. The second-order valence-corrected chi connectivity index (χ2v) is 7.61. The average molecular weight is 410 g/mol. The average Bonchev–Trinajstić information content (AvgIpc) is 3.28. The van der Waals surface area contributed by atoms with Gasteiger partial charge in [0, 0.05) is 18.5 Å². The number of anilines is 1. The fourth-order valence-electron chi connectivity index (χ4n) is 3.99. The summed E-state index contributed by atoms with van der Waals surface area (Å²) >= 11 is 0. The molecule has 3 heterocycles. The molecule has 1 aliphatic rings. The largest absolute Gasteiger partial charge is 0.371 e. The molecule has 5 rings (SSSR count). The van der Waals surface area contributed by atoms with Crippen molar-refractivity contribution >= 4 is 16.6 Å². The standard InChI is InChI=1S/C20H18F2N6.C2H6/c1-10-25-26-19-20(2,3)24-14-8-13(21)16(17(22)18(14)28(10)19)11-6-5-7-15-12(11)9-23-27(15)4;1-2/h5-9,24H,1-4H3;1-2H3. The Kier molecular flexibility index (Phi) is 4.60. The number of halogens is 2. The molecule has 0 saturated carbocycles. The van der Waals surface area contributed by atoms with Crippen molar-refractivity contribution in [1.29, 1.82) is 0 Å². The summed E-state index contributed by atoms with van der Waals surface area (Å²) in [5, 5.41) is 16.4. The first kappa shape index (κ1) is 20.0. The Morgan fingerprint density at radius 2 is 1.83 bits per heavy atom. The van der Waals surface area contributed by atoms with Crippen molar-refractivity contribution in [2.45, 2.75) is 40.2 Å². The molecule has 8 heteroatoms. The van der Waals surface area contributed by atoms with E-state index in [2.05, 4.69) is 20.6 Å². The number of aromatic nitrogens is 5. The lowest BCUT2D eigenvalue weighted by atomic mass is 9.95. The van der Waals surface area contributed by atoms with E-state index in [1.807, 2.05) is 33.8 Å². The molecule has 0 saturated heterocycles. The summed E-state index contributed by atoms with van der Waals surface area (Å²) in [6, 6.07) is 6.69. The first-order valence-corrected chi connectivity index (χ1v) is 9.94. The minimum absolute atomic E-state index is 0.0853. The summed E-state index contributed by atoms with van der Waals surface area (Å²) in [6.07, 6.45) is 1.62. The van der Waals surface area contributed by atoms with E-state index in [9.17, 15) is 0 Å². The van der Waals surface area contributed by atoms with Gasteiger partial charge in [-0.25, -0.2) is 8.78 Å². The van der Waals surface area contributed by atoms with Gasteiger partial charge in [0.05, 0.1) is 28.5 Å². The first-order valence-electron chi connectivity index (χ1n) is 9.94. The number of benzene rings is 2. The zero-order valence-corrected chi connectivity index (χ0v) is 17.9. The molecule has 0 spiro atoms. The molecule has 156 valence electrons. The van der Waals surface area contributed by atoms with Crippen LogP contribution in [0.5, 0.6) is 0 Å². The maximum absolute atomic E-state index is 15.8. The number of hydrogen-bond acceptors (Lipinski definition) is 4. The van der Waals surface area contributed by atoms with Crippen molar-refractivity contribution in [1.82, 2.24) is 24.5 Å². The number of aryl methyl sites for hydroxylation is 2. The molecule has 2 aromatic heterocycles. The predicted molar refractivity (Wildman–Crippen MR) is 114 cm³/mol. The van der Waals surface area contributed by atoms with Crippen LogP contribution in [0.1, 0.15) is 39.3 Å². The van der Waals surface area contributed by atoms with Gasteiger partial charge in [-0.15, -0.1) is 10.2 Å². The molecule has 0 aliphatic carbocycles. The molecule has 0 fully saturated rings. The summed E-state index contributed by atoms with van der Waals surface area (Å²) in [5.41, 5.74) is 1.16. The molecule has 6 nitrogen and oxygen atoms in total. The van der Waals surface area contributed by atoms with Gasteiger partial charge >= 0.3 is 0 Å². The van der Waals surface area contributed by atoms with E-state index in [0.717, 1.165) is 5.52 Å². The maximum Gasteiger partial charge on any atom is 0.162 e. The molecule has 2 aromatic carbocycles. The fourth-order valence-corrected chi connectivity index (χ4v) is 3.99. The summed E-state index contributed by atoms with van der Waals surface area (Å²) in [7, 11) is 1.80. The second-order valence-electron chi connectivity index (χ2n) is 7.61. The monoisotopic (exact) mass is 410 g/mol. The van der Waals surface area contributed by atoms with Gasteiger partial charge in [-0.1, -0.05) is 26.0 Å². The SMILES string of the molecule is CC.Cc1nnc2n1-c1c(cc(F)c(-c3cccc4c3cnn4C)c1F)NC2(C)C. The molecule has 0 amide bonds. The van der Waals surface area contributed by atoms with Crippen LogP contribution < -0.4 is 5.32 Å². The Balaban J connectivity index is 0.00000106. The van der Waals surface area contributed by atoms with Crippen LogP contribution in [0.25, 0.3) is 27.7 Å². The minimum atomic E-state index is -0.654. The third-order valence-electron chi connectivity index (χ3n) is 5.31. The van der Waals surface area contributed by atoms with Gasteiger partial charge in [0.25, 0.3) is 0 Å². The number of nitrogens with one attached hydrogen (secondary N) is 1. The number of fused-ring (bicyclic) bond motifs is 4. The Hall–Kier alpha value is -3.29. The molecule has 0 bridgehead atoms. The highest BCUT2D eigenvalue weighted by atomic mass is 19.1. The normalized spacial score (nSPS) is 13.9. The van der Waals surface area contributed by atoms with E-state index >= 15 is 8.78 Å². The Labute approximate surface area is 173 Å². The van der Waals surface area contributed by atoms with Crippen molar-refractivity contribution in [2.75, 3.05) is 5.32 Å². The van der Waals surface area contributed by atoms with Gasteiger partial charge < -0.3 is 5.32 Å². The van der Waals surface area contributed by atoms with Gasteiger partial charge in [-0.2, -0.15) is 5.10 Å². The van der Waals surface area contributed by atoms with Gasteiger partial charge in [-0.3, -0.25) is 9.25 Å². The zero-order chi connectivity index (χ0) is 21.8. The summed E-state index contributed by atoms with van der Waals surface area (Å²) in [6.45, 7) is 9.55. The van der Waals surface area contributed by atoms with Crippen LogP contribution in [-0.2, 0) is 12.6 Å². The Morgan fingerprint density at radius 3 is 2.57 bits per heavy atom. The highest BCUT2D eigenvalue weighted by molar-refractivity contribution is 5.96. The number of hydrogen-bond donors (Lipinski definition) is 1. The third-order valence-corrected chi connectivity index (χ3v) is 5.31. The Morgan fingerprint density at radius 1 is 1.10 bits per heavy atom. The molecule has 4 aromatic rings. The van der Waals surface area contributed by atoms with Gasteiger partial charge in [0.1, 0.15) is 17.3 Å². The molecular formula is C22H24F2N6. The van der Waals surface area contributed by atoms with E-state index < -0.39 is 17.2 Å². The highest BCUT2D eigenvalue weighted by Crippen LogP contribution is 2.43. The maximum atomic E-state index is 15.8. The molecule has 30 heavy (non-hydrogen) atoms. The van der Waals surface area contributed by atoms with Gasteiger partial charge in [0.15, 0.2) is 11.6 Å². The van der Waals surface area contributed by atoms with E-state index in [-0.39, 0.29) is 11.3 Å². The van der Waals surface area contributed by atoms with E-state index in [4.69, 9.17) is 0 Å². The second kappa shape index (κ2) is 6.90. The zero-order valence-electron chi connectivity index (χ0n) is 17.9. The van der Waals surface area contributed by atoms with Crippen LogP contribution in [0.2, 0.25) is 0 Å². The number of nitrogens with zero attached hydrogens (tertiary/aromatic N) is 5. The van der Waals surface area contributed by atoms with Crippen molar-refractivity contribution < 1.29 is 8.78 Å². The van der Waals surface area contributed by atoms with Crippen LogP contribution in [0.15, 0.2) is 30.5 Å². The highest BCUT2D eigenvalue weighted by Gasteiger charge is 2.37. The number of rotatable bonds is 1. The lowest BCUT2D eigenvalue weighted by Gasteiger charge is -2.34. The lowest BCUT2D eigenvalue weighted by molar-refractivity contribution is 0.517. The summed E-state index contributed by atoms with van der Waals surface area (Å²) in [4.78, 5) is 0. The molecule has 1 aliphatic heterocycles. The summed E-state index contributed by atoms with van der Waals surface area (Å²) in [5.74, 6) is -0.168. The van der Waals surface area contributed by atoms with E-state index in [0.29, 0.717) is 28.3 Å². The third kappa shape index (κ3) is 2.70. The van der Waals surface area contributed by atoms with Crippen molar-refractivity contribution in [2.24, 2.45) is 7.05 Å². The topological polar surface area (TPSA) is 60.6 Å². The van der Waals surface area contributed by atoms with Crippen LogP contribution in [0.3, 0.4) is 0 Å². The quantitative estimate of drug-likeness (QED) is 0.475. The molecule has 0 atom stereocenters. The molecule has 1 N–H and O–H groups in total. The van der Waals surface area contributed by atoms with Crippen LogP contribution in [0.4, 0.5) is 14.5 Å². The fraction of sp³-hybridized carbons (Fsp3) is 0.318. The molecular weight excluding hydrogens is 386 g/mol. The van der Waals surface area contributed by atoms with Crippen LogP contribution in [0, 0.1) is 18.6 Å². The van der Waals surface area contributed by atoms with Crippen LogP contribution >= 0.6 is 0 Å². The first-order chi connectivity index (χ1) is 14.3. The van der Waals surface area contributed by atoms with Gasteiger partial charge in [0.2, 0.25) is 0 Å². The van der Waals surface area contributed by atoms with Crippen molar-refractivity contribution in [3.05, 3.63) is 53.7 Å². The smallest absolute Gasteiger partial charge is 0.162 e. The molecule has 0 unspecified atom stereocenters. The van der Waals surface area contributed by atoms with Gasteiger partial charge in [-0.05, 0) is 32.4 Å². The van der Waals surface area contributed by atoms with Crippen molar-refractivity contribution in [3.63, 3.8) is 0 Å². The predicted octanol–water partition coefficient (Wildman–Crippen LogP) is 5.09. The Bertz CT molecular complexity index is 1270. The van der Waals surface area contributed by atoms with Crippen LogP contribution in [-0.4, -0.2) is 24.5 Å². The lowest BCUT2D eigenvalue weighted by Crippen LogP contribution is -2.36. The summed E-state index contributed by atoms with van der Waals surface area (Å²) < 4.78 is 34.3. The van der Waals surface area contributed by atoms with Crippen molar-refractivity contribution in [3.8, 4) is 16.8 Å².